The molecule has 0 spiro atoms. The van der Waals surface area contributed by atoms with Crippen LogP contribution in [-0.2, 0) is 20.9 Å². The quantitative estimate of drug-likeness (QED) is 0.680. The van der Waals surface area contributed by atoms with Gasteiger partial charge in [-0.05, 0) is 43.7 Å². The van der Waals surface area contributed by atoms with Gasteiger partial charge in [-0.25, -0.2) is 4.79 Å². The molecule has 0 unspecified atom stereocenters. The Morgan fingerprint density at radius 3 is 2.21 bits per heavy atom. The number of carbonyl (C=O) groups is 3. The summed E-state index contributed by atoms with van der Waals surface area (Å²) < 4.78 is 10.2. The van der Waals surface area contributed by atoms with Crippen molar-refractivity contribution in [3.05, 3.63) is 65.7 Å². The van der Waals surface area contributed by atoms with Gasteiger partial charge in [-0.15, -0.1) is 0 Å². The molecule has 0 bridgehead atoms. The molecule has 0 aliphatic rings. The Morgan fingerprint density at radius 1 is 0.964 bits per heavy atom. The maximum absolute atomic E-state index is 12.1. The van der Waals surface area contributed by atoms with Crippen molar-refractivity contribution in [3.8, 4) is 5.75 Å². The minimum absolute atomic E-state index is 0.297. The molecule has 0 radical (unpaired) electrons. The van der Waals surface area contributed by atoms with Crippen molar-refractivity contribution in [1.82, 2.24) is 10.6 Å². The molecular weight excluding hydrogens is 360 g/mol. The standard InChI is InChI=1S/C21H24N2O5/c1-14(23-20(25)17-7-5-4-6-8-17)21(26)28-15(2)19(24)22-13-16-9-11-18(27-3)12-10-16/h4-12,14-15H,13H2,1-3H3,(H,22,24)(H,23,25)/t14-,15+/m0/s1. The first kappa shape index (κ1) is 21.0. The highest BCUT2D eigenvalue weighted by atomic mass is 16.5. The van der Waals surface area contributed by atoms with Gasteiger partial charge in [0.05, 0.1) is 7.11 Å². The number of amides is 2. The van der Waals surface area contributed by atoms with Crippen LogP contribution >= 0.6 is 0 Å². The summed E-state index contributed by atoms with van der Waals surface area (Å²) in [4.78, 5) is 36.4. The molecule has 28 heavy (non-hydrogen) atoms. The highest BCUT2D eigenvalue weighted by Crippen LogP contribution is 2.11. The summed E-state index contributed by atoms with van der Waals surface area (Å²) in [6.45, 7) is 3.28. The Labute approximate surface area is 164 Å². The van der Waals surface area contributed by atoms with Crippen molar-refractivity contribution >= 4 is 17.8 Å². The summed E-state index contributed by atoms with van der Waals surface area (Å²) >= 11 is 0. The smallest absolute Gasteiger partial charge is 0.329 e. The molecule has 0 fully saturated rings. The number of hydrogen-bond donors (Lipinski definition) is 2. The fourth-order valence-corrected chi connectivity index (χ4v) is 2.33. The zero-order valence-corrected chi connectivity index (χ0v) is 16.1. The molecule has 0 aliphatic carbocycles. The van der Waals surface area contributed by atoms with Crippen LogP contribution in [0.25, 0.3) is 0 Å². The third-order valence-corrected chi connectivity index (χ3v) is 4.03. The van der Waals surface area contributed by atoms with Crippen molar-refractivity contribution in [2.75, 3.05) is 7.11 Å². The lowest BCUT2D eigenvalue weighted by Gasteiger charge is -2.17. The summed E-state index contributed by atoms with van der Waals surface area (Å²) in [6, 6.07) is 14.9. The summed E-state index contributed by atoms with van der Waals surface area (Å²) in [5, 5.41) is 5.25. The van der Waals surface area contributed by atoms with Crippen molar-refractivity contribution < 1.29 is 23.9 Å². The third-order valence-electron chi connectivity index (χ3n) is 4.03. The topological polar surface area (TPSA) is 93.7 Å². The predicted octanol–water partition coefficient (Wildman–Crippen LogP) is 2.06. The van der Waals surface area contributed by atoms with Gasteiger partial charge in [0.15, 0.2) is 6.10 Å². The van der Waals surface area contributed by atoms with E-state index in [0.29, 0.717) is 12.1 Å². The van der Waals surface area contributed by atoms with Crippen LogP contribution in [0.3, 0.4) is 0 Å². The van der Waals surface area contributed by atoms with Crippen LogP contribution in [0.15, 0.2) is 54.6 Å². The Balaban J connectivity index is 1.79. The van der Waals surface area contributed by atoms with Crippen molar-refractivity contribution in [2.24, 2.45) is 0 Å². The summed E-state index contributed by atoms with van der Waals surface area (Å²) in [5.74, 6) is -0.771. The average molecular weight is 384 g/mol. The van der Waals surface area contributed by atoms with Gasteiger partial charge in [0.25, 0.3) is 11.8 Å². The number of ether oxygens (including phenoxy) is 2. The van der Waals surface area contributed by atoms with Crippen LogP contribution in [0.5, 0.6) is 5.75 Å². The molecule has 0 saturated heterocycles. The molecule has 2 rings (SSSR count). The van der Waals surface area contributed by atoms with Gasteiger partial charge in [0, 0.05) is 12.1 Å². The second-order valence-electron chi connectivity index (χ2n) is 6.21. The maximum Gasteiger partial charge on any atom is 0.329 e. The number of methoxy groups -OCH3 is 1. The number of benzene rings is 2. The SMILES string of the molecule is COc1ccc(CNC(=O)[C@@H](C)OC(=O)[C@H](C)NC(=O)c2ccccc2)cc1. The Kier molecular flexibility index (Phi) is 7.56. The van der Waals surface area contributed by atoms with E-state index in [1.54, 1.807) is 49.6 Å². The zero-order chi connectivity index (χ0) is 20.5. The van der Waals surface area contributed by atoms with Crippen LogP contribution < -0.4 is 15.4 Å². The Bertz CT molecular complexity index is 805. The number of nitrogens with one attached hydrogen (secondary N) is 2. The third kappa shape index (κ3) is 6.12. The fraction of sp³-hybridized carbons (Fsp3) is 0.286. The van der Waals surface area contributed by atoms with E-state index in [4.69, 9.17) is 9.47 Å². The first-order chi connectivity index (χ1) is 13.4. The number of hydrogen-bond acceptors (Lipinski definition) is 5. The van der Waals surface area contributed by atoms with E-state index in [1.807, 2.05) is 12.1 Å². The molecule has 148 valence electrons. The fourth-order valence-electron chi connectivity index (χ4n) is 2.33. The van der Waals surface area contributed by atoms with Crippen molar-refractivity contribution in [3.63, 3.8) is 0 Å². The normalized spacial score (nSPS) is 12.4. The summed E-state index contributed by atoms with van der Waals surface area (Å²) in [5.41, 5.74) is 1.32. The molecule has 7 heteroatoms. The van der Waals surface area contributed by atoms with Crippen molar-refractivity contribution in [1.29, 1.82) is 0 Å². The van der Waals surface area contributed by atoms with Gasteiger partial charge in [-0.2, -0.15) is 0 Å². The zero-order valence-electron chi connectivity index (χ0n) is 16.1. The lowest BCUT2D eigenvalue weighted by Crippen LogP contribution is -2.43. The average Bonchev–Trinajstić information content (AvgIpc) is 2.72. The van der Waals surface area contributed by atoms with Crippen LogP contribution in [-0.4, -0.2) is 37.0 Å². The van der Waals surface area contributed by atoms with Crippen LogP contribution in [0.2, 0.25) is 0 Å². The molecule has 2 atom stereocenters. The summed E-state index contributed by atoms with van der Waals surface area (Å²) in [7, 11) is 1.58. The molecule has 0 aliphatic heterocycles. The maximum atomic E-state index is 12.1. The van der Waals surface area contributed by atoms with Crippen molar-refractivity contribution in [2.45, 2.75) is 32.5 Å². The van der Waals surface area contributed by atoms with E-state index in [9.17, 15) is 14.4 Å². The lowest BCUT2D eigenvalue weighted by molar-refractivity contribution is -0.156. The molecular formula is C21H24N2O5. The molecule has 2 amide bonds. The lowest BCUT2D eigenvalue weighted by atomic mass is 10.2. The number of rotatable bonds is 8. The Hall–Kier alpha value is -3.35. The minimum Gasteiger partial charge on any atom is -0.497 e. The number of esters is 1. The van der Waals surface area contributed by atoms with Crippen LogP contribution in [0, 0.1) is 0 Å². The van der Waals surface area contributed by atoms with E-state index in [1.165, 1.54) is 13.8 Å². The molecule has 0 saturated carbocycles. The van der Waals surface area contributed by atoms with E-state index >= 15 is 0 Å². The van der Waals surface area contributed by atoms with E-state index in [2.05, 4.69) is 10.6 Å². The highest BCUT2D eigenvalue weighted by Gasteiger charge is 2.23. The van der Waals surface area contributed by atoms with Gasteiger partial charge in [0.1, 0.15) is 11.8 Å². The Morgan fingerprint density at radius 2 is 1.61 bits per heavy atom. The van der Waals surface area contributed by atoms with E-state index in [-0.39, 0.29) is 5.91 Å². The first-order valence-electron chi connectivity index (χ1n) is 8.87. The molecule has 0 aromatic heterocycles. The molecule has 0 heterocycles. The van der Waals surface area contributed by atoms with Gasteiger partial charge in [-0.3, -0.25) is 9.59 Å². The van der Waals surface area contributed by atoms with Gasteiger partial charge in [0.2, 0.25) is 0 Å². The molecule has 7 nitrogen and oxygen atoms in total. The van der Waals surface area contributed by atoms with Gasteiger partial charge in [-0.1, -0.05) is 30.3 Å². The molecule has 2 aromatic rings. The highest BCUT2D eigenvalue weighted by molar-refractivity contribution is 5.96. The predicted molar refractivity (Wildman–Crippen MR) is 104 cm³/mol. The summed E-state index contributed by atoms with van der Waals surface area (Å²) in [6.07, 6.45) is -0.984. The largest absolute Gasteiger partial charge is 0.497 e. The van der Waals surface area contributed by atoms with Gasteiger partial charge < -0.3 is 20.1 Å². The minimum atomic E-state index is -0.984. The number of carbonyl (C=O) groups excluding carboxylic acids is 3. The molecule has 2 aromatic carbocycles. The van der Waals surface area contributed by atoms with Gasteiger partial charge >= 0.3 is 5.97 Å². The first-order valence-corrected chi connectivity index (χ1v) is 8.87. The second-order valence-corrected chi connectivity index (χ2v) is 6.21. The van der Waals surface area contributed by atoms with Crippen LogP contribution in [0.1, 0.15) is 29.8 Å². The van der Waals surface area contributed by atoms with E-state index < -0.39 is 24.0 Å². The molecule has 2 N–H and O–H groups in total. The monoisotopic (exact) mass is 384 g/mol. The van der Waals surface area contributed by atoms with Crippen LogP contribution in [0.4, 0.5) is 0 Å². The van der Waals surface area contributed by atoms with E-state index in [0.717, 1.165) is 11.3 Å². The second kappa shape index (κ2) is 10.1.